The Bertz CT molecular complexity index is 771. The van der Waals surface area contributed by atoms with Gasteiger partial charge in [-0.05, 0) is 44.4 Å². The normalized spacial score (nSPS) is 14.3. The standard InChI is InChI=1S/C21H29N5O2/c1-24(2)9-8-23-21(27)17-14-19(16-22-15-17)26-12-10-25(11-13-26)18-4-6-20(28-3)7-5-18/h4-7,14-16H,8-13H2,1-3H3,(H,23,27). The van der Waals surface area contributed by atoms with E-state index in [0.717, 1.165) is 44.2 Å². The highest BCUT2D eigenvalue weighted by Gasteiger charge is 2.19. The van der Waals surface area contributed by atoms with Gasteiger partial charge in [0, 0.05) is 51.2 Å². The second-order valence-corrected chi connectivity index (χ2v) is 7.16. The van der Waals surface area contributed by atoms with Crippen molar-refractivity contribution in [1.82, 2.24) is 15.2 Å². The van der Waals surface area contributed by atoms with Gasteiger partial charge in [0.05, 0.1) is 24.6 Å². The maximum absolute atomic E-state index is 12.3. The minimum Gasteiger partial charge on any atom is -0.497 e. The van der Waals surface area contributed by atoms with E-state index < -0.39 is 0 Å². The van der Waals surface area contributed by atoms with Crippen LogP contribution in [0.1, 0.15) is 10.4 Å². The van der Waals surface area contributed by atoms with E-state index in [0.29, 0.717) is 12.1 Å². The topological polar surface area (TPSA) is 60.9 Å². The molecule has 1 aromatic heterocycles. The van der Waals surface area contributed by atoms with E-state index in [1.54, 1.807) is 13.3 Å². The number of piperazine rings is 1. The van der Waals surface area contributed by atoms with Crippen molar-refractivity contribution in [3.8, 4) is 5.75 Å². The molecule has 0 radical (unpaired) electrons. The molecule has 7 heteroatoms. The lowest BCUT2D eigenvalue weighted by Gasteiger charge is -2.37. The summed E-state index contributed by atoms with van der Waals surface area (Å²) in [5.74, 6) is 0.794. The Morgan fingerprint density at radius 3 is 2.32 bits per heavy atom. The second kappa shape index (κ2) is 9.41. The van der Waals surface area contributed by atoms with Crippen LogP contribution in [0.15, 0.2) is 42.7 Å². The van der Waals surface area contributed by atoms with Crippen LogP contribution in [0.5, 0.6) is 5.75 Å². The zero-order valence-corrected chi connectivity index (χ0v) is 16.9. The number of nitrogens with zero attached hydrogens (tertiary/aromatic N) is 4. The van der Waals surface area contributed by atoms with Crippen molar-refractivity contribution in [3.05, 3.63) is 48.3 Å². The number of amides is 1. The first kappa shape index (κ1) is 19.9. The van der Waals surface area contributed by atoms with E-state index in [1.165, 1.54) is 5.69 Å². The Morgan fingerprint density at radius 1 is 1.07 bits per heavy atom. The third kappa shape index (κ3) is 5.13. The summed E-state index contributed by atoms with van der Waals surface area (Å²) in [5.41, 5.74) is 2.80. The highest BCUT2D eigenvalue weighted by atomic mass is 16.5. The van der Waals surface area contributed by atoms with Gasteiger partial charge in [-0.1, -0.05) is 0 Å². The highest BCUT2D eigenvalue weighted by molar-refractivity contribution is 5.94. The number of ether oxygens (including phenoxy) is 1. The molecule has 2 heterocycles. The Balaban J connectivity index is 1.57. The number of benzene rings is 1. The third-order valence-corrected chi connectivity index (χ3v) is 4.91. The number of hydrogen-bond donors (Lipinski definition) is 1. The molecule has 7 nitrogen and oxygen atoms in total. The molecule has 0 spiro atoms. The number of aromatic nitrogens is 1. The van der Waals surface area contributed by atoms with Crippen molar-refractivity contribution in [2.24, 2.45) is 0 Å². The van der Waals surface area contributed by atoms with Crippen LogP contribution in [0, 0.1) is 0 Å². The van der Waals surface area contributed by atoms with Gasteiger partial charge in [0.25, 0.3) is 5.91 Å². The maximum Gasteiger partial charge on any atom is 0.252 e. The lowest BCUT2D eigenvalue weighted by molar-refractivity contribution is 0.0950. The van der Waals surface area contributed by atoms with Crippen molar-refractivity contribution in [2.75, 3.05) is 70.3 Å². The van der Waals surface area contributed by atoms with Crippen LogP contribution in [-0.2, 0) is 0 Å². The summed E-state index contributed by atoms with van der Waals surface area (Å²) >= 11 is 0. The van der Waals surface area contributed by atoms with Gasteiger partial charge in [-0.3, -0.25) is 9.78 Å². The number of pyridine rings is 1. The molecule has 1 aliphatic heterocycles. The maximum atomic E-state index is 12.3. The quantitative estimate of drug-likeness (QED) is 0.786. The van der Waals surface area contributed by atoms with Crippen molar-refractivity contribution in [1.29, 1.82) is 0 Å². The number of anilines is 2. The molecule has 0 atom stereocenters. The predicted octanol–water partition coefficient (Wildman–Crippen LogP) is 1.71. The summed E-state index contributed by atoms with van der Waals surface area (Å²) in [6.07, 6.45) is 3.46. The molecule has 0 aliphatic carbocycles. The first-order valence-electron chi connectivity index (χ1n) is 9.59. The van der Waals surface area contributed by atoms with E-state index in [1.807, 2.05) is 43.4 Å². The van der Waals surface area contributed by atoms with Crippen LogP contribution < -0.4 is 19.9 Å². The third-order valence-electron chi connectivity index (χ3n) is 4.91. The van der Waals surface area contributed by atoms with Crippen molar-refractivity contribution in [2.45, 2.75) is 0 Å². The summed E-state index contributed by atoms with van der Waals surface area (Å²) in [6.45, 7) is 5.05. The van der Waals surface area contributed by atoms with Crippen LogP contribution in [0.4, 0.5) is 11.4 Å². The minimum atomic E-state index is -0.0759. The zero-order chi connectivity index (χ0) is 19.9. The number of rotatable bonds is 7. The van der Waals surface area contributed by atoms with Gasteiger partial charge in [-0.25, -0.2) is 0 Å². The Kier molecular flexibility index (Phi) is 6.71. The molecule has 28 heavy (non-hydrogen) atoms. The zero-order valence-electron chi connectivity index (χ0n) is 16.9. The second-order valence-electron chi connectivity index (χ2n) is 7.16. The van der Waals surface area contributed by atoms with Gasteiger partial charge in [0.2, 0.25) is 0 Å². The molecule has 2 aromatic rings. The summed E-state index contributed by atoms with van der Waals surface area (Å²) in [6, 6.07) is 10.1. The molecule has 0 unspecified atom stereocenters. The van der Waals surface area contributed by atoms with Gasteiger partial charge >= 0.3 is 0 Å². The first-order chi connectivity index (χ1) is 13.6. The molecule has 1 N–H and O–H groups in total. The van der Waals surface area contributed by atoms with Gasteiger partial charge in [0.15, 0.2) is 0 Å². The molecule has 1 amide bonds. The van der Waals surface area contributed by atoms with E-state index in [2.05, 4.69) is 32.2 Å². The molecule has 0 saturated carbocycles. The fourth-order valence-electron chi connectivity index (χ4n) is 3.24. The number of carbonyl (C=O) groups excluding carboxylic acids is 1. The summed E-state index contributed by atoms with van der Waals surface area (Å²) in [7, 11) is 5.65. The monoisotopic (exact) mass is 383 g/mol. The SMILES string of the molecule is COc1ccc(N2CCN(c3cncc(C(=O)NCCN(C)C)c3)CC2)cc1. The first-order valence-corrected chi connectivity index (χ1v) is 9.59. The van der Waals surface area contributed by atoms with Gasteiger partial charge in [-0.2, -0.15) is 0 Å². The smallest absolute Gasteiger partial charge is 0.252 e. The Morgan fingerprint density at radius 2 is 1.71 bits per heavy atom. The number of likely N-dealkylation sites (N-methyl/N-ethyl adjacent to an activating group) is 1. The van der Waals surface area contributed by atoms with Crippen LogP contribution in [0.3, 0.4) is 0 Å². The van der Waals surface area contributed by atoms with Gasteiger partial charge in [-0.15, -0.1) is 0 Å². The predicted molar refractivity (Wildman–Crippen MR) is 113 cm³/mol. The molecular formula is C21H29N5O2. The molecule has 1 aliphatic rings. The summed E-state index contributed by atoms with van der Waals surface area (Å²) in [4.78, 5) is 23.3. The van der Waals surface area contributed by atoms with Crippen LogP contribution in [0.25, 0.3) is 0 Å². The number of nitrogens with one attached hydrogen (secondary N) is 1. The average molecular weight is 383 g/mol. The van der Waals surface area contributed by atoms with Crippen LogP contribution >= 0.6 is 0 Å². The molecular weight excluding hydrogens is 354 g/mol. The van der Waals surface area contributed by atoms with E-state index >= 15 is 0 Å². The molecule has 1 aromatic carbocycles. The van der Waals surface area contributed by atoms with Crippen molar-refractivity contribution < 1.29 is 9.53 Å². The fourth-order valence-corrected chi connectivity index (χ4v) is 3.24. The van der Waals surface area contributed by atoms with E-state index in [-0.39, 0.29) is 5.91 Å². The van der Waals surface area contributed by atoms with Crippen LogP contribution in [0.2, 0.25) is 0 Å². The molecule has 150 valence electrons. The fraction of sp³-hybridized carbons (Fsp3) is 0.429. The molecule has 1 saturated heterocycles. The van der Waals surface area contributed by atoms with Gasteiger partial charge < -0.3 is 24.8 Å². The summed E-state index contributed by atoms with van der Waals surface area (Å²) in [5, 5.41) is 2.94. The Hall–Kier alpha value is -2.80. The van der Waals surface area contributed by atoms with Gasteiger partial charge in [0.1, 0.15) is 5.75 Å². The number of hydrogen-bond acceptors (Lipinski definition) is 6. The number of carbonyl (C=O) groups is 1. The van der Waals surface area contributed by atoms with Crippen molar-refractivity contribution >= 4 is 17.3 Å². The lowest BCUT2D eigenvalue weighted by atomic mass is 10.2. The largest absolute Gasteiger partial charge is 0.497 e. The minimum absolute atomic E-state index is 0.0759. The highest BCUT2D eigenvalue weighted by Crippen LogP contribution is 2.23. The molecule has 3 rings (SSSR count). The Labute approximate surface area is 166 Å². The summed E-state index contributed by atoms with van der Waals surface area (Å²) < 4.78 is 5.23. The van der Waals surface area contributed by atoms with E-state index in [4.69, 9.17) is 4.74 Å². The lowest BCUT2D eigenvalue weighted by Crippen LogP contribution is -2.46. The van der Waals surface area contributed by atoms with E-state index in [9.17, 15) is 4.79 Å². The van der Waals surface area contributed by atoms with Crippen LogP contribution in [-0.4, -0.2) is 76.3 Å². The molecule has 0 bridgehead atoms. The number of methoxy groups -OCH3 is 1. The van der Waals surface area contributed by atoms with Crippen molar-refractivity contribution in [3.63, 3.8) is 0 Å². The molecule has 1 fully saturated rings. The average Bonchev–Trinajstić information content (AvgIpc) is 2.74.